The van der Waals surface area contributed by atoms with Crippen LogP contribution in [-0.2, 0) is 20.7 Å². The van der Waals surface area contributed by atoms with Gasteiger partial charge in [-0.25, -0.2) is 0 Å². The van der Waals surface area contributed by atoms with E-state index in [1.165, 1.54) is 0 Å². The van der Waals surface area contributed by atoms with Crippen molar-refractivity contribution in [2.45, 2.75) is 31.8 Å². The summed E-state index contributed by atoms with van der Waals surface area (Å²) < 4.78 is 5.39. The van der Waals surface area contributed by atoms with Crippen molar-refractivity contribution in [1.29, 1.82) is 0 Å². The van der Waals surface area contributed by atoms with Crippen molar-refractivity contribution in [3.63, 3.8) is 0 Å². The number of nitrogens with one attached hydrogen (secondary N) is 1. The van der Waals surface area contributed by atoms with Gasteiger partial charge in [-0.15, -0.1) is 0 Å². The van der Waals surface area contributed by atoms with Gasteiger partial charge in [-0.05, 0) is 31.2 Å². The standard InChI is InChI=1S/C16H21NO4/c18-15(14-8-4-5-9-21-14)17-11-13(16(19)20)10-12-6-2-1-3-7-12/h1-3,6-7,13-14H,4-5,8-11H2,(H,17,18)(H,19,20). The molecule has 0 saturated carbocycles. The minimum atomic E-state index is -0.899. The number of carboxylic acids is 1. The Balaban J connectivity index is 1.85. The number of rotatable bonds is 6. The van der Waals surface area contributed by atoms with Crippen LogP contribution in [-0.4, -0.2) is 36.2 Å². The zero-order valence-electron chi connectivity index (χ0n) is 12.0. The summed E-state index contributed by atoms with van der Waals surface area (Å²) in [6.07, 6.45) is 2.65. The monoisotopic (exact) mass is 291 g/mol. The molecular weight excluding hydrogens is 270 g/mol. The highest BCUT2D eigenvalue weighted by molar-refractivity contribution is 5.81. The van der Waals surface area contributed by atoms with E-state index < -0.39 is 18.0 Å². The van der Waals surface area contributed by atoms with E-state index in [-0.39, 0.29) is 12.5 Å². The molecule has 1 aromatic rings. The van der Waals surface area contributed by atoms with Gasteiger partial charge in [0, 0.05) is 13.2 Å². The summed E-state index contributed by atoms with van der Waals surface area (Å²) in [7, 11) is 0. The normalized spacial score (nSPS) is 19.7. The van der Waals surface area contributed by atoms with Crippen LogP contribution in [0.25, 0.3) is 0 Å². The van der Waals surface area contributed by atoms with Crippen LogP contribution in [0.4, 0.5) is 0 Å². The SMILES string of the molecule is O=C(O)C(CNC(=O)C1CCCCO1)Cc1ccccc1. The molecule has 2 unspecified atom stereocenters. The molecule has 0 spiro atoms. The van der Waals surface area contributed by atoms with E-state index in [2.05, 4.69) is 5.32 Å². The molecule has 0 radical (unpaired) electrons. The number of amides is 1. The summed E-state index contributed by atoms with van der Waals surface area (Å²) in [6.45, 7) is 0.730. The van der Waals surface area contributed by atoms with Crippen LogP contribution in [0.15, 0.2) is 30.3 Å². The van der Waals surface area contributed by atoms with Crippen LogP contribution in [0, 0.1) is 5.92 Å². The maximum atomic E-state index is 11.9. The average molecular weight is 291 g/mol. The minimum absolute atomic E-state index is 0.128. The molecule has 1 aromatic carbocycles. The molecule has 1 fully saturated rings. The first-order valence-electron chi connectivity index (χ1n) is 7.33. The van der Waals surface area contributed by atoms with E-state index in [0.29, 0.717) is 19.4 Å². The van der Waals surface area contributed by atoms with Gasteiger partial charge >= 0.3 is 5.97 Å². The molecule has 0 bridgehead atoms. The quantitative estimate of drug-likeness (QED) is 0.835. The van der Waals surface area contributed by atoms with Crippen molar-refractivity contribution in [2.24, 2.45) is 5.92 Å². The van der Waals surface area contributed by atoms with Crippen LogP contribution >= 0.6 is 0 Å². The summed E-state index contributed by atoms with van der Waals surface area (Å²) in [4.78, 5) is 23.3. The predicted octanol–water partition coefficient (Wildman–Crippen LogP) is 1.62. The number of hydrogen-bond donors (Lipinski definition) is 2. The third-order valence-electron chi connectivity index (χ3n) is 3.67. The fourth-order valence-corrected chi connectivity index (χ4v) is 2.43. The minimum Gasteiger partial charge on any atom is -0.481 e. The second-order valence-electron chi connectivity index (χ2n) is 5.33. The Morgan fingerprint density at radius 1 is 1.29 bits per heavy atom. The van der Waals surface area contributed by atoms with Crippen LogP contribution in [0.1, 0.15) is 24.8 Å². The number of carbonyl (C=O) groups is 2. The number of benzene rings is 1. The zero-order chi connectivity index (χ0) is 15.1. The zero-order valence-corrected chi connectivity index (χ0v) is 12.0. The molecule has 0 aromatic heterocycles. The Kier molecular flexibility index (Phi) is 5.75. The molecule has 114 valence electrons. The fourth-order valence-electron chi connectivity index (χ4n) is 2.43. The van der Waals surface area contributed by atoms with E-state index in [1.807, 2.05) is 30.3 Å². The van der Waals surface area contributed by atoms with E-state index in [4.69, 9.17) is 4.74 Å². The second kappa shape index (κ2) is 7.78. The van der Waals surface area contributed by atoms with Crippen molar-refractivity contribution in [3.8, 4) is 0 Å². The van der Waals surface area contributed by atoms with Crippen LogP contribution < -0.4 is 5.32 Å². The highest BCUT2D eigenvalue weighted by Gasteiger charge is 2.24. The molecule has 1 heterocycles. The van der Waals surface area contributed by atoms with Crippen molar-refractivity contribution in [3.05, 3.63) is 35.9 Å². The topological polar surface area (TPSA) is 75.6 Å². The van der Waals surface area contributed by atoms with Gasteiger partial charge in [-0.1, -0.05) is 30.3 Å². The average Bonchev–Trinajstić information content (AvgIpc) is 2.52. The maximum Gasteiger partial charge on any atom is 0.308 e. The Bertz CT molecular complexity index is 468. The lowest BCUT2D eigenvalue weighted by atomic mass is 9.99. The Morgan fingerprint density at radius 3 is 2.67 bits per heavy atom. The third kappa shape index (κ3) is 4.86. The summed E-state index contributed by atoms with van der Waals surface area (Å²) in [5.74, 6) is -1.72. The maximum absolute atomic E-state index is 11.9. The number of ether oxygens (including phenoxy) is 1. The van der Waals surface area contributed by atoms with Crippen LogP contribution in [0.5, 0.6) is 0 Å². The first kappa shape index (κ1) is 15.5. The van der Waals surface area contributed by atoms with E-state index in [0.717, 1.165) is 18.4 Å². The Morgan fingerprint density at radius 2 is 2.05 bits per heavy atom. The van der Waals surface area contributed by atoms with Crippen molar-refractivity contribution >= 4 is 11.9 Å². The lowest BCUT2D eigenvalue weighted by Gasteiger charge is -2.22. The van der Waals surface area contributed by atoms with E-state index >= 15 is 0 Å². The van der Waals surface area contributed by atoms with Gasteiger partial charge in [0.05, 0.1) is 5.92 Å². The first-order valence-corrected chi connectivity index (χ1v) is 7.33. The third-order valence-corrected chi connectivity index (χ3v) is 3.67. The van der Waals surface area contributed by atoms with Gasteiger partial charge in [-0.3, -0.25) is 9.59 Å². The van der Waals surface area contributed by atoms with E-state index in [9.17, 15) is 14.7 Å². The van der Waals surface area contributed by atoms with Gasteiger partial charge < -0.3 is 15.2 Å². The molecule has 5 heteroatoms. The van der Waals surface area contributed by atoms with Gasteiger partial charge in [-0.2, -0.15) is 0 Å². The summed E-state index contributed by atoms with van der Waals surface area (Å²) in [5.41, 5.74) is 0.952. The number of carboxylic acid groups (broad SMARTS) is 1. The van der Waals surface area contributed by atoms with Gasteiger partial charge in [0.1, 0.15) is 6.10 Å². The number of aliphatic carboxylic acids is 1. The largest absolute Gasteiger partial charge is 0.481 e. The van der Waals surface area contributed by atoms with Crippen molar-refractivity contribution < 1.29 is 19.4 Å². The highest BCUT2D eigenvalue weighted by Crippen LogP contribution is 2.13. The smallest absolute Gasteiger partial charge is 0.308 e. The van der Waals surface area contributed by atoms with E-state index in [1.54, 1.807) is 0 Å². The first-order chi connectivity index (χ1) is 10.2. The second-order valence-corrected chi connectivity index (χ2v) is 5.33. The number of carbonyl (C=O) groups excluding carboxylic acids is 1. The van der Waals surface area contributed by atoms with Crippen LogP contribution in [0.2, 0.25) is 0 Å². The Hall–Kier alpha value is -1.88. The highest BCUT2D eigenvalue weighted by atomic mass is 16.5. The molecule has 0 aliphatic carbocycles. The molecule has 5 nitrogen and oxygen atoms in total. The Labute approximate surface area is 124 Å². The molecule has 1 aliphatic rings. The molecular formula is C16H21NO4. The lowest BCUT2D eigenvalue weighted by molar-refractivity contribution is -0.142. The van der Waals surface area contributed by atoms with Crippen molar-refractivity contribution in [1.82, 2.24) is 5.32 Å². The van der Waals surface area contributed by atoms with Gasteiger partial charge in [0.2, 0.25) is 5.91 Å². The fraction of sp³-hybridized carbons (Fsp3) is 0.500. The molecule has 21 heavy (non-hydrogen) atoms. The molecule has 2 atom stereocenters. The summed E-state index contributed by atoms with van der Waals surface area (Å²) in [6, 6.07) is 9.43. The predicted molar refractivity (Wildman–Crippen MR) is 77.9 cm³/mol. The molecule has 1 saturated heterocycles. The lowest BCUT2D eigenvalue weighted by Crippen LogP contribution is -2.42. The van der Waals surface area contributed by atoms with Crippen molar-refractivity contribution in [2.75, 3.05) is 13.2 Å². The summed E-state index contributed by atoms with van der Waals surface area (Å²) >= 11 is 0. The summed E-state index contributed by atoms with van der Waals surface area (Å²) in [5, 5.41) is 12.0. The molecule has 1 amide bonds. The molecule has 1 aliphatic heterocycles. The molecule has 2 rings (SSSR count). The number of hydrogen-bond acceptors (Lipinski definition) is 3. The van der Waals surface area contributed by atoms with Gasteiger partial charge in [0.15, 0.2) is 0 Å². The molecule has 2 N–H and O–H groups in total. The van der Waals surface area contributed by atoms with Crippen LogP contribution in [0.3, 0.4) is 0 Å². The van der Waals surface area contributed by atoms with Gasteiger partial charge in [0.25, 0.3) is 0 Å².